The molecule has 0 saturated heterocycles. The lowest BCUT2D eigenvalue weighted by atomic mass is 10.2. The predicted octanol–water partition coefficient (Wildman–Crippen LogP) is 4.43. The number of aromatic nitrogens is 4. The van der Waals surface area contributed by atoms with Crippen LogP contribution in [0.25, 0.3) is 16.7 Å². The summed E-state index contributed by atoms with van der Waals surface area (Å²) in [4.78, 5) is 21.7. The molecule has 0 atom stereocenters. The van der Waals surface area contributed by atoms with Crippen molar-refractivity contribution in [3.05, 3.63) is 77.2 Å². The van der Waals surface area contributed by atoms with Gasteiger partial charge in [0.25, 0.3) is 5.91 Å². The molecule has 0 fully saturated rings. The summed E-state index contributed by atoms with van der Waals surface area (Å²) in [6.45, 7) is 5.07. The summed E-state index contributed by atoms with van der Waals surface area (Å²) in [5, 5.41) is 12.2. The van der Waals surface area contributed by atoms with E-state index in [1.165, 1.54) is 0 Å². The molecule has 8 heteroatoms. The molecule has 0 radical (unpaired) electrons. The van der Waals surface area contributed by atoms with Gasteiger partial charge in [0.15, 0.2) is 5.65 Å². The van der Waals surface area contributed by atoms with E-state index in [1.54, 1.807) is 30.5 Å². The molecule has 0 bridgehead atoms. The van der Waals surface area contributed by atoms with Crippen molar-refractivity contribution in [1.82, 2.24) is 25.1 Å². The molecule has 2 aromatic heterocycles. The summed E-state index contributed by atoms with van der Waals surface area (Å²) in [7, 11) is 0. The molecule has 2 aromatic carbocycles. The smallest absolute Gasteiger partial charge is 0.251 e. The van der Waals surface area contributed by atoms with E-state index in [2.05, 4.69) is 34.6 Å². The number of carbonyl (C=O) groups excluding carboxylic acids is 1. The standard InChI is InChI=1S/C23H23ClN6O/c1-15(2)20-28-21(25-12-13-26-23(31)16-8-10-17(24)11-9-16)19-14-27-30(22(19)29-20)18-6-4-3-5-7-18/h3-11,14-15H,12-13H2,1-2H3,(H,26,31)(H,25,28,29). The van der Waals surface area contributed by atoms with Crippen LogP contribution in [0.4, 0.5) is 5.82 Å². The van der Waals surface area contributed by atoms with Crippen molar-refractivity contribution in [1.29, 1.82) is 0 Å². The number of carbonyl (C=O) groups is 1. The highest BCUT2D eigenvalue weighted by molar-refractivity contribution is 6.30. The van der Waals surface area contributed by atoms with Crippen molar-refractivity contribution in [3.8, 4) is 5.69 Å². The van der Waals surface area contributed by atoms with Crippen molar-refractivity contribution < 1.29 is 4.79 Å². The highest BCUT2D eigenvalue weighted by atomic mass is 35.5. The third kappa shape index (κ3) is 4.67. The van der Waals surface area contributed by atoms with E-state index < -0.39 is 0 Å². The summed E-state index contributed by atoms with van der Waals surface area (Å²) in [6, 6.07) is 16.7. The molecule has 2 heterocycles. The van der Waals surface area contributed by atoms with E-state index in [0.717, 1.165) is 22.5 Å². The fourth-order valence-electron chi connectivity index (χ4n) is 3.14. The second-order valence-corrected chi connectivity index (χ2v) is 7.84. The Hall–Kier alpha value is -3.45. The van der Waals surface area contributed by atoms with Crippen molar-refractivity contribution in [2.45, 2.75) is 19.8 Å². The third-order valence-corrected chi connectivity index (χ3v) is 5.02. The summed E-state index contributed by atoms with van der Waals surface area (Å²) in [5.74, 6) is 1.45. The van der Waals surface area contributed by atoms with E-state index >= 15 is 0 Å². The topological polar surface area (TPSA) is 84.7 Å². The van der Waals surface area contributed by atoms with Crippen LogP contribution < -0.4 is 10.6 Å². The van der Waals surface area contributed by atoms with Crippen molar-refractivity contribution in [2.75, 3.05) is 18.4 Å². The summed E-state index contributed by atoms with van der Waals surface area (Å²) in [5.41, 5.74) is 2.25. The van der Waals surface area contributed by atoms with Gasteiger partial charge in [-0.2, -0.15) is 5.10 Å². The molecule has 31 heavy (non-hydrogen) atoms. The minimum absolute atomic E-state index is 0.147. The number of para-hydroxylation sites is 1. The minimum Gasteiger partial charge on any atom is -0.368 e. The van der Waals surface area contributed by atoms with Gasteiger partial charge in [-0.15, -0.1) is 0 Å². The van der Waals surface area contributed by atoms with Crippen LogP contribution in [0.15, 0.2) is 60.8 Å². The van der Waals surface area contributed by atoms with Gasteiger partial charge in [0.2, 0.25) is 0 Å². The molecular weight excluding hydrogens is 412 g/mol. The average Bonchev–Trinajstić information content (AvgIpc) is 3.21. The molecular formula is C23H23ClN6O. The molecule has 0 spiro atoms. The molecule has 7 nitrogen and oxygen atoms in total. The van der Waals surface area contributed by atoms with Crippen molar-refractivity contribution in [2.24, 2.45) is 0 Å². The van der Waals surface area contributed by atoms with Gasteiger partial charge in [0, 0.05) is 29.6 Å². The Morgan fingerprint density at radius 3 is 2.48 bits per heavy atom. The zero-order chi connectivity index (χ0) is 21.8. The normalized spacial score (nSPS) is 11.1. The Morgan fingerprint density at radius 1 is 1.03 bits per heavy atom. The molecule has 0 unspecified atom stereocenters. The maximum Gasteiger partial charge on any atom is 0.251 e. The number of hydrogen-bond donors (Lipinski definition) is 2. The van der Waals surface area contributed by atoms with Crippen LogP contribution in [0.2, 0.25) is 5.02 Å². The number of benzene rings is 2. The van der Waals surface area contributed by atoms with Gasteiger partial charge < -0.3 is 10.6 Å². The van der Waals surface area contributed by atoms with Gasteiger partial charge in [-0.25, -0.2) is 14.6 Å². The third-order valence-electron chi connectivity index (χ3n) is 4.77. The predicted molar refractivity (Wildman–Crippen MR) is 123 cm³/mol. The van der Waals surface area contributed by atoms with E-state index in [4.69, 9.17) is 16.6 Å². The monoisotopic (exact) mass is 434 g/mol. The van der Waals surface area contributed by atoms with Gasteiger partial charge in [-0.3, -0.25) is 4.79 Å². The van der Waals surface area contributed by atoms with Crippen LogP contribution in [0, 0.1) is 0 Å². The average molecular weight is 435 g/mol. The van der Waals surface area contributed by atoms with Crippen LogP contribution >= 0.6 is 11.6 Å². The number of anilines is 1. The maximum atomic E-state index is 12.3. The fraction of sp³-hybridized carbons (Fsp3) is 0.217. The van der Waals surface area contributed by atoms with Crippen LogP contribution in [0.5, 0.6) is 0 Å². The van der Waals surface area contributed by atoms with Crippen molar-refractivity contribution >= 4 is 34.4 Å². The molecule has 4 aromatic rings. The Balaban J connectivity index is 1.51. The lowest BCUT2D eigenvalue weighted by molar-refractivity contribution is 0.0955. The number of nitrogens with zero attached hydrogens (tertiary/aromatic N) is 4. The first kappa shape index (κ1) is 20.8. The first-order valence-electron chi connectivity index (χ1n) is 10.1. The van der Waals surface area contributed by atoms with Crippen molar-refractivity contribution in [3.63, 3.8) is 0 Å². The van der Waals surface area contributed by atoms with Gasteiger partial charge in [-0.1, -0.05) is 43.6 Å². The van der Waals surface area contributed by atoms with Crippen LogP contribution in [-0.2, 0) is 0 Å². The molecule has 0 aliphatic rings. The molecule has 0 saturated carbocycles. The number of hydrogen-bond acceptors (Lipinski definition) is 5. The Bertz CT molecular complexity index is 1190. The zero-order valence-corrected chi connectivity index (χ0v) is 18.1. The van der Waals surface area contributed by atoms with E-state index in [0.29, 0.717) is 29.5 Å². The van der Waals surface area contributed by atoms with Gasteiger partial charge >= 0.3 is 0 Å². The maximum absolute atomic E-state index is 12.3. The van der Waals surface area contributed by atoms with Gasteiger partial charge in [0.1, 0.15) is 11.6 Å². The Labute approximate surface area is 185 Å². The number of rotatable bonds is 7. The summed E-state index contributed by atoms with van der Waals surface area (Å²) < 4.78 is 1.82. The first-order chi connectivity index (χ1) is 15.0. The van der Waals surface area contributed by atoms with Crippen LogP contribution in [-0.4, -0.2) is 38.7 Å². The molecule has 158 valence electrons. The second kappa shape index (κ2) is 9.14. The quantitative estimate of drug-likeness (QED) is 0.420. The highest BCUT2D eigenvalue weighted by Crippen LogP contribution is 2.25. The van der Waals surface area contributed by atoms with Gasteiger partial charge in [0.05, 0.1) is 17.3 Å². The van der Waals surface area contributed by atoms with E-state index in [-0.39, 0.29) is 11.8 Å². The molecule has 4 rings (SSSR count). The summed E-state index contributed by atoms with van der Waals surface area (Å²) >= 11 is 5.87. The molecule has 0 aliphatic carbocycles. The van der Waals surface area contributed by atoms with Crippen LogP contribution in [0.1, 0.15) is 35.9 Å². The molecule has 1 amide bonds. The number of halogens is 1. The lowest BCUT2D eigenvalue weighted by Crippen LogP contribution is -2.29. The number of nitrogens with one attached hydrogen (secondary N) is 2. The zero-order valence-electron chi connectivity index (χ0n) is 17.3. The largest absolute Gasteiger partial charge is 0.368 e. The Morgan fingerprint density at radius 2 is 1.77 bits per heavy atom. The van der Waals surface area contributed by atoms with Crippen LogP contribution in [0.3, 0.4) is 0 Å². The Kier molecular flexibility index (Phi) is 6.13. The molecule has 0 aliphatic heterocycles. The minimum atomic E-state index is -0.147. The fourth-order valence-corrected chi connectivity index (χ4v) is 3.26. The SMILES string of the molecule is CC(C)c1nc(NCCNC(=O)c2ccc(Cl)cc2)c2cnn(-c3ccccc3)c2n1. The first-order valence-corrected chi connectivity index (χ1v) is 10.5. The summed E-state index contributed by atoms with van der Waals surface area (Å²) in [6.07, 6.45) is 1.76. The second-order valence-electron chi connectivity index (χ2n) is 7.40. The molecule has 2 N–H and O–H groups in total. The van der Waals surface area contributed by atoms with E-state index in [9.17, 15) is 4.79 Å². The lowest BCUT2D eigenvalue weighted by Gasteiger charge is -2.12. The van der Waals surface area contributed by atoms with E-state index in [1.807, 2.05) is 35.0 Å². The number of amides is 1. The number of fused-ring (bicyclic) bond motifs is 1. The van der Waals surface area contributed by atoms with Gasteiger partial charge in [-0.05, 0) is 36.4 Å². The highest BCUT2D eigenvalue weighted by Gasteiger charge is 2.15.